The zero-order chi connectivity index (χ0) is 17.6. The Morgan fingerprint density at radius 3 is 2.46 bits per heavy atom. The number of nitrogens with one attached hydrogen (secondary N) is 1. The van der Waals surface area contributed by atoms with Gasteiger partial charge in [-0.15, -0.1) is 0 Å². The van der Waals surface area contributed by atoms with Gasteiger partial charge in [0.2, 0.25) is 0 Å². The molecule has 2 rings (SSSR count). The highest BCUT2D eigenvalue weighted by molar-refractivity contribution is 5.89. The van der Waals surface area contributed by atoms with Gasteiger partial charge in [-0.2, -0.15) is 5.26 Å². The molecule has 1 aromatic rings. The minimum Gasteiger partial charge on any atom is -0.480 e. The number of nitrogens with zero attached hydrogens (tertiary/aromatic N) is 1. The van der Waals surface area contributed by atoms with Crippen LogP contribution >= 0.6 is 0 Å². The quantitative estimate of drug-likeness (QED) is 0.809. The van der Waals surface area contributed by atoms with Crippen molar-refractivity contribution >= 4 is 11.9 Å². The molecule has 0 aliphatic heterocycles. The fourth-order valence-corrected chi connectivity index (χ4v) is 2.97. The highest BCUT2D eigenvalue weighted by Crippen LogP contribution is 2.28. The van der Waals surface area contributed by atoms with Gasteiger partial charge in [-0.3, -0.25) is 4.79 Å². The van der Waals surface area contributed by atoms with Crippen molar-refractivity contribution in [3.8, 4) is 11.8 Å². The Morgan fingerprint density at radius 2 is 1.88 bits per heavy atom. The number of carbonyl (C=O) groups is 2. The van der Waals surface area contributed by atoms with Crippen molar-refractivity contribution in [1.29, 1.82) is 5.26 Å². The third-order valence-corrected chi connectivity index (χ3v) is 4.41. The van der Waals surface area contributed by atoms with E-state index < -0.39 is 23.5 Å². The van der Waals surface area contributed by atoms with Crippen molar-refractivity contribution in [2.45, 2.75) is 57.1 Å². The molecule has 128 valence electrons. The summed E-state index contributed by atoms with van der Waals surface area (Å²) >= 11 is 0. The number of carboxylic acid groups (broad SMARTS) is 1. The van der Waals surface area contributed by atoms with Gasteiger partial charge in [0.05, 0.1) is 5.56 Å². The molecule has 1 atom stereocenters. The molecule has 0 aromatic heterocycles. The van der Waals surface area contributed by atoms with Gasteiger partial charge in [-0.25, -0.2) is 4.79 Å². The monoisotopic (exact) mass is 330 g/mol. The molecule has 1 unspecified atom stereocenters. The molecule has 1 aliphatic carbocycles. The molecule has 1 amide bonds. The van der Waals surface area contributed by atoms with E-state index in [9.17, 15) is 14.7 Å². The average Bonchev–Trinajstić information content (AvgIpc) is 2.81. The first-order chi connectivity index (χ1) is 11.5. The van der Waals surface area contributed by atoms with Gasteiger partial charge >= 0.3 is 5.97 Å². The van der Waals surface area contributed by atoms with Crippen LogP contribution in [-0.4, -0.2) is 28.6 Å². The maximum atomic E-state index is 12.5. The van der Waals surface area contributed by atoms with Crippen molar-refractivity contribution in [2.75, 3.05) is 0 Å². The van der Waals surface area contributed by atoms with Crippen LogP contribution in [0.3, 0.4) is 0 Å². The van der Waals surface area contributed by atoms with Crippen LogP contribution in [-0.2, 0) is 9.59 Å². The lowest BCUT2D eigenvalue weighted by atomic mass is 9.90. The van der Waals surface area contributed by atoms with Crippen molar-refractivity contribution in [3.63, 3.8) is 0 Å². The van der Waals surface area contributed by atoms with E-state index in [1.54, 1.807) is 31.2 Å². The fourth-order valence-electron chi connectivity index (χ4n) is 2.97. The maximum Gasteiger partial charge on any atom is 0.329 e. The number of carboxylic acids is 1. The van der Waals surface area contributed by atoms with E-state index >= 15 is 0 Å². The van der Waals surface area contributed by atoms with Crippen molar-refractivity contribution in [1.82, 2.24) is 5.32 Å². The molecule has 1 saturated carbocycles. The molecule has 6 heteroatoms. The third-order valence-electron chi connectivity index (χ3n) is 4.41. The second-order valence-corrected chi connectivity index (χ2v) is 6.16. The zero-order valence-electron chi connectivity index (χ0n) is 13.7. The van der Waals surface area contributed by atoms with E-state index in [1.807, 2.05) is 6.07 Å². The smallest absolute Gasteiger partial charge is 0.329 e. The van der Waals surface area contributed by atoms with Crippen LogP contribution in [0.1, 0.15) is 51.0 Å². The predicted octanol–water partition coefficient (Wildman–Crippen LogP) is 2.62. The summed E-state index contributed by atoms with van der Waals surface area (Å²) in [5.74, 6) is -1.16. The highest BCUT2D eigenvalue weighted by atomic mass is 16.5. The second-order valence-electron chi connectivity index (χ2n) is 6.16. The lowest BCUT2D eigenvalue weighted by Gasteiger charge is -2.30. The molecule has 0 saturated heterocycles. The van der Waals surface area contributed by atoms with Crippen LogP contribution < -0.4 is 10.1 Å². The largest absolute Gasteiger partial charge is 0.480 e. The number of aliphatic carboxylic acids is 1. The van der Waals surface area contributed by atoms with Gasteiger partial charge < -0.3 is 15.2 Å². The summed E-state index contributed by atoms with van der Waals surface area (Å²) in [4.78, 5) is 24.2. The molecule has 0 bridgehead atoms. The molecule has 1 aromatic carbocycles. The number of amides is 1. The maximum absolute atomic E-state index is 12.5. The van der Waals surface area contributed by atoms with E-state index in [-0.39, 0.29) is 0 Å². The van der Waals surface area contributed by atoms with Crippen LogP contribution in [0, 0.1) is 11.3 Å². The first-order valence-corrected chi connectivity index (χ1v) is 8.20. The van der Waals surface area contributed by atoms with E-state index in [0.717, 1.165) is 25.7 Å². The van der Waals surface area contributed by atoms with E-state index in [4.69, 9.17) is 10.00 Å². The van der Waals surface area contributed by atoms with Crippen LogP contribution in [0.5, 0.6) is 5.75 Å². The van der Waals surface area contributed by atoms with Crippen molar-refractivity contribution in [3.05, 3.63) is 29.8 Å². The number of benzene rings is 1. The van der Waals surface area contributed by atoms with Crippen LogP contribution in [0.15, 0.2) is 24.3 Å². The van der Waals surface area contributed by atoms with Crippen molar-refractivity contribution < 1.29 is 19.4 Å². The van der Waals surface area contributed by atoms with E-state index in [1.165, 1.54) is 0 Å². The Morgan fingerprint density at radius 1 is 1.25 bits per heavy atom. The standard InChI is InChI=1S/C18H22N2O4/c1-13(24-15-9-5-4-8-14(15)12-19)16(21)20-18(17(22)23)10-6-2-3-7-11-18/h4-5,8-9,13H,2-3,6-7,10-11H2,1H3,(H,20,21)(H,22,23). The number of nitriles is 1. The summed E-state index contributed by atoms with van der Waals surface area (Å²) in [6.45, 7) is 1.55. The molecular weight excluding hydrogens is 308 g/mol. The minimum absolute atomic E-state index is 0.313. The summed E-state index contributed by atoms with van der Waals surface area (Å²) in [7, 11) is 0. The molecule has 6 nitrogen and oxygen atoms in total. The van der Waals surface area contributed by atoms with Gasteiger partial charge in [0.15, 0.2) is 6.10 Å². The molecule has 2 N–H and O–H groups in total. The normalized spacial score (nSPS) is 17.8. The van der Waals surface area contributed by atoms with E-state index in [0.29, 0.717) is 24.2 Å². The Hall–Kier alpha value is -2.55. The number of rotatable bonds is 5. The Bertz CT molecular complexity index is 643. The van der Waals surface area contributed by atoms with E-state index in [2.05, 4.69) is 5.32 Å². The Kier molecular flexibility index (Phi) is 5.80. The number of carbonyl (C=O) groups excluding carboxylic acids is 1. The van der Waals surface area contributed by atoms with Gasteiger partial charge in [0.25, 0.3) is 5.91 Å². The highest BCUT2D eigenvalue weighted by Gasteiger charge is 2.41. The van der Waals surface area contributed by atoms with Gasteiger partial charge in [0.1, 0.15) is 17.4 Å². The molecule has 1 fully saturated rings. The molecule has 1 aliphatic rings. The zero-order valence-corrected chi connectivity index (χ0v) is 13.7. The van der Waals surface area contributed by atoms with Crippen LogP contribution in [0.2, 0.25) is 0 Å². The molecule has 0 radical (unpaired) electrons. The summed E-state index contributed by atoms with van der Waals surface area (Å²) in [5, 5.41) is 21.4. The Balaban J connectivity index is 2.09. The summed E-state index contributed by atoms with van der Waals surface area (Å²) < 4.78 is 5.57. The lowest BCUT2D eigenvalue weighted by Crippen LogP contribution is -2.57. The van der Waals surface area contributed by atoms with Crippen molar-refractivity contribution in [2.24, 2.45) is 0 Å². The number of para-hydroxylation sites is 1. The van der Waals surface area contributed by atoms with Gasteiger partial charge in [0, 0.05) is 0 Å². The Labute approximate surface area is 141 Å². The summed E-state index contributed by atoms with van der Waals surface area (Å²) in [5.41, 5.74) is -0.889. The molecule has 0 heterocycles. The summed E-state index contributed by atoms with van der Waals surface area (Å²) in [6.07, 6.45) is 3.47. The summed E-state index contributed by atoms with van der Waals surface area (Å²) in [6, 6.07) is 8.64. The number of hydrogen-bond acceptors (Lipinski definition) is 4. The number of ether oxygens (including phenoxy) is 1. The van der Waals surface area contributed by atoms with Gasteiger partial charge in [-0.1, -0.05) is 37.8 Å². The fraction of sp³-hybridized carbons (Fsp3) is 0.500. The first-order valence-electron chi connectivity index (χ1n) is 8.20. The number of hydrogen-bond donors (Lipinski definition) is 2. The molecular formula is C18H22N2O4. The SMILES string of the molecule is CC(Oc1ccccc1C#N)C(=O)NC1(C(=O)O)CCCCCC1. The average molecular weight is 330 g/mol. The second kappa shape index (κ2) is 7.82. The van der Waals surface area contributed by atoms with Gasteiger partial charge in [-0.05, 0) is 31.9 Å². The molecule has 0 spiro atoms. The third kappa shape index (κ3) is 4.05. The molecule has 24 heavy (non-hydrogen) atoms. The minimum atomic E-state index is -1.22. The lowest BCUT2D eigenvalue weighted by molar-refractivity contribution is -0.149. The first kappa shape index (κ1) is 17.8. The predicted molar refractivity (Wildman–Crippen MR) is 87.5 cm³/mol. The van der Waals surface area contributed by atoms with Crippen LogP contribution in [0.4, 0.5) is 0 Å². The van der Waals surface area contributed by atoms with Crippen LogP contribution in [0.25, 0.3) is 0 Å². The topological polar surface area (TPSA) is 99.4 Å².